The van der Waals surface area contributed by atoms with Gasteiger partial charge >= 0.3 is 0 Å². The van der Waals surface area contributed by atoms with Gasteiger partial charge in [-0.2, -0.15) is 4.80 Å². The molecule has 128 valence electrons. The number of hydrogen-bond donors (Lipinski definition) is 0. The number of tetrazole rings is 1. The van der Waals surface area contributed by atoms with Crippen LogP contribution in [0.15, 0.2) is 12.1 Å². The van der Waals surface area contributed by atoms with Crippen LogP contribution in [-0.4, -0.2) is 45.9 Å². The molecule has 0 bridgehead atoms. The molecule has 1 aromatic carbocycles. The van der Waals surface area contributed by atoms with E-state index in [9.17, 15) is 0 Å². The van der Waals surface area contributed by atoms with Crippen LogP contribution in [0.1, 0.15) is 36.2 Å². The van der Waals surface area contributed by atoms with Crippen molar-refractivity contribution < 1.29 is 9.47 Å². The maximum atomic E-state index is 5.54. The van der Waals surface area contributed by atoms with Gasteiger partial charge in [0.2, 0.25) is 0 Å². The number of rotatable bonds is 4. The van der Waals surface area contributed by atoms with Crippen LogP contribution in [0.4, 0.5) is 0 Å². The molecule has 0 unspecified atom stereocenters. The topological polar surface area (TPSA) is 65.3 Å². The Labute approximate surface area is 141 Å². The van der Waals surface area contributed by atoms with Crippen molar-refractivity contribution in [3.05, 3.63) is 29.1 Å². The SMILES string of the molecule is COc1cc2c(cc1OC)C1(CCC1)N(Cc1nnn(C)n1)CC2. The molecular formula is C17H23N5O2. The summed E-state index contributed by atoms with van der Waals surface area (Å²) < 4.78 is 11.0. The normalized spacial score (nSPS) is 19.0. The predicted octanol–water partition coefficient (Wildman–Crippen LogP) is 1.66. The van der Waals surface area contributed by atoms with Gasteiger partial charge in [-0.1, -0.05) is 0 Å². The summed E-state index contributed by atoms with van der Waals surface area (Å²) in [5.41, 5.74) is 2.82. The fourth-order valence-corrected chi connectivity index (χ4v) is 4.09. The molecule has 7 heteroatoms. The zero-order valence-electron chi connectivity index (χ0n) is 14.4. The summed E-state index contributed by atoms with van der Waals surface area (Å²) in [6.45, 7) is 1.74. The molecule has 0 saturated heterocycles. The first-order valence-electron chi connectivity index (χ1n) is 8.39. The number of benzene rings is 1. The van der Waals surface area contributed by atoms with E-state index in [1.165, 1.54) is 22.3 Å². The van der Waals surface area contributed by atoms with Gasteiger partial charge in [0.05, 0.1) is 27.8 Å². The van der Waals surface area contributed by atoms with Crippen LogP contribution in [0, 0.1) is 0 Å². The standard InChI is InChI=1S/C17H23N5O2/c1-21-19-16(18-20-21)11-22-8-5-12-9-14(23-2)15(24-3)10-13(12)17(22)6-4-7-17/h9-10H,4-8,11H2,1-3H3. The molecule has 1 spiro atoms. The molecule has 0 atom stereocenters. The van der Waals surface area contributed by atoms with E-state index in [1.54, 1.807) is 21.3 Å². The van der Waals surface area contributed by atoms with Crippen molar-refractivity contribution in [3.8, 4) is 11.5 Å². The van der Waals surface area contributed by atoms with E-state index < -0.39 is 0 Å². The van der Waals surface area contributed by atoms with Crippen LogP contribution in [-0.2, 0) is 25.6 Å². The lowest BCUT2D eigenvalue weighted by molar-refractivity contribution is -0.00675. The quantitative estimate of drug-likeness (QED) is 0.850. The Morgan fingerprint density at radius 2 is 1.92 bits per heavy atom. The molecule has 4 rings (SSSR count). The van der Waals surface area contributed by atoms with Gasteiger partial charge in [0.15, 0.2) is 17.3 Å². The number of aromatic nitrogens is 4. The van der Waals surface area contributed by atoms with E-state index in [1.807, 2.05) is 0 Å². The lowest BCUT2D eigenvalue weighted by atomic mass is 9.66. The largest absolute Gasteiger partial charge is 0.493 e. The highest BCUT2D eigenvalue weighted by molar-refractivity contribution is 5.51. The fraction of sp³-hybridized carbons (Fsp3) is 0.588. The minimum atomic E-state index is 0.0757. The minimum absolute atomic E-state index is 0.0757. The Balaban J connectivity index is 1.71. The van der Waals surface area contributed by atoms with Crippen molar-refractivity contribution in [1.29, 1.82) is 0 Å². The van der Waals surface area contributed by atoms with Gasteiger partial charge < -0.3 is 9.47 Å². The zero-order valence-corrected chi connectivity index (χ0v) is 14.4. The number of hydrogen-bond acceptors (Lipinski definition) is 6. The van der Waals surface area contributed by atoms with Crippen molar-refractivity contribution in [1.82, 2.24) is 25.1 Å². The molecule has 0 N–H and O–H groups in total. The second-order valence-corrected chi connectivity index (χ2v) is 6.62. The molecule has 0 amide bonds. The smallest absolute Gasteiger partial charge is 0.188 e. The Morgan fingerprint density at radius 3 is 2.50 bits per heavy atom. The molecule has 1 saturated carbocycles. The second-order valence-electron chi connectivity index (χ2n) is 6.62. The average molecular weight is 329 g/mol. The van der Waals surface area contributed by atoms with Crippen LogP contribution in [0.25, 0.3) is 0 Å². The lowest BCUT2D eigenvalue weighted by Crippen LogP contribution is -2.54. The molecule has 0 radical (unpaired) electrons. The third-order valence-corrected chi connectivity index (χ3v) is 5.43. The van der Waals surface area contributed by atoms with Gasteiger partial charge in [-0.15, -0.1) is 10.2 Å². The monoisotopic (exact) mass is 329 g/mol. The third kappa shape index (κ3) is 2.26. The van der Waals surface area contributed by atoms with Gasteiger partial charge in [0.25, 0.3) is 0 Å². The van der Waals surface area contributed by atoms with E-state index in [4.69, 9.17) is 9.47 Å². The van der Waals surface area contributed by atoms with Gasteiger partial charge in [-0.05, 0) is 54.2 Å². The first-order valence-corrected chi connectivity index (χ1v) is 8.39. The van der Waals surface area contributed by atoms with E-state index in [0.717, 1.165) is 49.7 Å². The summed E-state index contributed by atoms with van der Waals surface area (Å²) >= 11 is 0. The number of nitrogens with zero attached hydrogens (tertiary/aromatic N) is 5. The van der Waals surface area contributed by atoms with Crippen LogP contribution in [0.2, 0.25) is 0 Å². The van der Waals surface area contributed by atoms with E-state index in [2.05, 4.69) is 32.4 Å². The highest BCUT2D eigenvalue weighted by Gasteiger charge is 2.47. The summed E-state index contributed by atoms with van der Waals surface area (Å²) in [6.07, 6.45) is 4.57. The van der Waals surface area contributed by atoms with Crippen LogP contribution in [0.3, 0.4) is 0 Å². The first kappa shape index (κ1) is 15.4. The van der Waals surface area contributed by atoms with Crippen molar-refractivity contribution in [2.75, 3.05) is 20.8 Å². The van der Waals surface area contributed by atoms with Crippen molar-refractivity contribution >= 4 is 0 Å². The number of methoxy groups -OCH3 is 2. The lowest BCUT2D eigenvalue weighted by Gasteiger charge is -2.54. The summed E-state index contributed by atoms with van der Waals surface area (Å²) in [5.74, 6) is 2.41. The fourth-order valence-electron chi connectivity index (χ4n) is 4.09. The molecule has 1 fully saturated rings. The molecule has 1 aliphatic carbocycles. The number of ether oxygens (including phenoxy) is 2. The summed E-state index contributed by atoms with van der Waals surface area (Å²) in [5, 5.41) is 12.5. The van der Waals surface area contributed by atoms with Gasteiger partial charge in [-0.25, -0.2) is 0 Å². The molecule has 2 heterocycles. The molecule has 7 nitrogen and oxygen atoms in total. The summed E-state index contributed by atoms with van der Waals surface area (Å²) in [7, 11) is 5.19. The molecule has 1 aliphatic heterocycles. The second kappa shape index (κ2) is 5.73. The highest BCUT2D eigenvalue weighted by atomic mass is 16.5. The third-order valence-electron chi connectivity index (χ3n) is 5.43. The maximum absolute atomic E-state index is 5.54. The molecule has 24 heavy (non-hydrogen) atoms. The highest BCUT2D eigenvalue weighted by Crippen LogP contribution is 2.52. The Hall–Kier alpha value is -2.15. The molecule has 2 aliphatic rings. The van der Waals surface area contributed by atoms with Crippen molar-refractivity contribution in [3.63, 3.8) is 0 Å². The number of fused-ring (bicyclic) bond motifs is 2. The van der Waals surface area contributed by atoms with Crippen LogP contribution in [0.5, 0.6) is 11.5 Å². The molecular weight excluding hydrogens is 306 g/mol. The summed E-state index contributed by atoms with van der Waals surface area (Å²) in [6, 6.07) is 4.32. The zero-order chi connectivity index (χ0) is 16.7. The van der Waals surface area contributed by atoms with Gasteiger partial charge in [0.1, 0.15) is 0 Å². The van der Waals surface area contributed by atoms with Crippen LogP contribution < -0.4 is 9.47 Å². The Bertz CT molecular complexity index is 753. The van der Waals surface area contributed by atoms with E-state index >= 15 is 0 Å². The van der Waals surface area contributed by atoms with E-state index in [-0.39, 0.29) is 5.54 Å². The van der Waals surface area contributed by atoms with Crippen LogP contribution >= 0.6 is 0 Å². The van der Waals surface area contributed by atoms with Gasteiger partial charge in [-0.3, -0.25) is 4.90 Å². The van der Waals surface area contributed by atoms with Gasteiger partial charge in [0, 0.05) is 12.1 Å². The average Bonchev–Trinajstić information content (AvgIpc) is 2.96. The Kier molecular flexibility index (Phi) is 3.68. The number of aryl methyl sites for hydroxylation is 1. The molecule has 2 aromatic rings. The molecule has 1 aromatic heterocycles. The first-order chi connectivity index (χ1) is 11.7. The van der Waals surface area contributed by atoms with Crippen molar-refractivity contribution in [2.45, 2.75) is 37.8 Å². The maximum Gasteiger partial charge on any atom is 0.188 e. The minimum Gasteiger partial charge on any atom is -0.493 e. The predicted molar refractivity (Wildman–Crippen MR) is 88.0 cm³/mol. The summed E-state index contributed by atoms with van der Waals surface area (Å²) in [4.78, 5) is 4.04. The van der Waals surface area contributed by atoms with E-state index in [0.29, 0.717) is 0 Å². The Morgan fingerprint density at radius 1 is 1.17 bits per heavy atom. The van der Waals surface area contributed by atoms with Crippen molar-refractivity contribution in [2.24, 2.45) is 7.05 Å².